The van der Waals surface area contributed by atoms with Crippen molar-refractivity contribution in [1.29, 1.82) is 0 Å². The van der Waals surface area contributed by atoms with Crippen LogP contribution in [0.5, 0.6) is 5.75 Å². The largest absolute Gasteiger partial charge is 0.483 e. The van der Waals surface area contributed by atoms with Crippen LogP contribution in [0.4, 0.5) is 0 Å². The first-order chi connectivity index (χ1) is 12.4. The molecule has 2 amide bonds. The molecule has 1 aromatic carbocycles. The smallest absolute Gasteiger partial charge is 0.257 e. The van der Waals surface area contributed by atoms with Crippen LogP contribution in [0.2, 0.25) is 5.02 Å². The maximum atomic E-state index is 12.3. The van der Waals surface area contributed by atoms with Gasteiger partial charge in [-0.2, -0.15) is 0 Å². The van der Waals surface area contributed by atoms with Crippen LogP contribution in [0.25, 0.3) is 0 Å². The third kappa shape index (κ3) is 3.54. The van der Waals surface area contributed by atoms with Gasteiger partial charge in [-0.25, -0.2) is 0 Å². The topological polar surface area (TPSA) is 81.4 Å². The van der Waals surface area contributed by atoms with Crippen LogP contribution in [0.1, 0.15) is 48.9 Å². The fourth-order valence-corrected chi connectivity index (χ4v) is 5.98. The molecule has 0 heterocycles. The normalized spacial score (nSPS) is 31.7. The number of nitrogens with two attached hydrogens (primary N) is 1. The highest BCUT2D eigenvalue weighted by molar-refractivity contribution is 6.31. The Bertz CT molecular complexity index is 698. The number of amides is 2. The molecule has 5 nitrogen and oxygen atoms in total. The van der Waals surface area contributed by atoms with E-state index in [2.05, 4.69) is 5.32 Å². The molecule has 3 N–H and O–H groups in total. The van der Waals surface area contributed by atoms with Gasteiger partial charge >= 0.3 is 0 Å². The van der Waals surface area contributed by atoms with E-state index < -0.39 is 5.91 Å². The second-order valence-corrected chi connectivity index (χ2v) is 8.92. The van der Waals surface area contributed by atoms with Crippen molar-refractivity contribution in [2.24, 2.45) is 28.9 Å². The summed E-state index contributed by atoms with van der Waals surface area (Å²) in [5, 5.41) is 3.46. The highest BCUT2D eigenvalue weighted by Gasteiger charge is 2.50. The Hall–Kier alpha value is -1.75. The Kier molecular flexibility index (Phi) is 4.59. The number of nitrogens with one attached hydrogen (secondary N) is 1. The number of hydrogen-bond acceptors (Lipinski definition) is 3. The van der Waals surface area contributed by atoms with Crippen LogP contribution in [-0.2, 0) is 4.79 Å². The van der Waals surface area contributed by atoms with Gasteiger partial charge in [-0.3, -0.25) is 9.59 Å². The van der Waals surface area contributed by atoms with Gasteiger partial charge in [0.1, 0.15) is 5.75 Å². The third-order valence-corrected chi connectivity index (χ3v) is 6.63. The summed E-state index contributed by atoms with van der Waals surface area (Å²) < 4.78 is 5.52. The molecule has 0 radical (unpaired) electrons. The Balaban J connectivity index is 1.32. The minimum Gasteiger partial charge on any atom is -0.483 e. The van der Waals surface area contributed by atoms with E-state index in [9.17, 15) is 9.59 Å². The van der Waals surface area contributed by atoms with E-state index in [4.69, 9.17) is 22.1 Å². The van der Waals surface area contributed by atoms with Crippen molar-refractivity contribution < 1.29 is 14.3 Å². The van der Waals surface area contributed by atoms with Gasteiger partial charge in [0, 0.05) is 11.6 Å². The summed E-state index contributed by atoms with van der Waals surface area (Å²) in [4.78, 5) is 23.8. The number of primary amides is 1. The molecule has 0 spiro atoms. The van der Waals surface area contributed by atoms with E-state index in [0.29, 0.717) is 10.4 Å². The molecular formula is C20H25ClN2O3. The molecular weight excluding hydrogens is 352 g/mol. The fourth-order valence-electron chi connectivity index (χ4n) is 5.81. The van der Waals surface area contributed by atoms with Crippen LogP contribution in [-0.4, -0.2) is 25.0 Å². The SMILES string of the molecule is NC(=O)c1cc(Cl)ccc1OCC(=O)NCC12CC3CC(CC(C3)C1)C2. The van der Waals surface area contributed by atoms with Gasteiger partial charge < -0.3 is 15.8 Å². The number of benzene rings is 1. The van der Waals surface area contributed by atoms with Gasteiger partial charge in [-0.15, -0.1) is 0 Å². The molecule has 1 aromatic rings. The van der Waals surface area contributed by atoms with E-state index in [1.54, 1.807) is 12.1 Å². The summed E-state index contributed by atoms with van der Waals surface area (Å²) in [6.07, 6.45) is 7.93. The third-order valence-electron chi connectivity index (χ3n) is 6.39. The molecule has 4 bridgehead atoms. The lowest BCUT2D eigenvalue weighted by Crippen LogP contribution is -2.51. The van der Waals surface area contributed by atoms with Crippen LogP contribution >= 0.6 is 11.6 Å². The molecule has 6 heteroatoms. The van der Waals surface area contributed by atoms with Crippen LogP contribution in [0.3, 0.4) is 0 Å². The Morgan fingerprint density at radius 1 is 1.15 bits per heavy atom. The standard InChI is InChI=1S/C20H25ClN2O3/c21-15-1-2-17(16(6-15)19(22)25)26-10-18(24)23-11-20-7-12-3-13(8-20)5-14(4-12)9-20/h1-2,6,12-14H,3-5,7-11H2,(H2,22,25)(H,23,24). The second kappa shape index (κ2) is 6.76. The summed E-state index contributed by atoms with van der Waals surface area (Å²) >= 11 is 5.88. The lowest BCUT2D eigenvalue weighted by molar-refractivity contribution is -0.125. The predicted octanol–water partition coefficient (Wildman–Crippen LogP) is 3.15. The van der Waals surface area contributed by atoms with E-state index in [1.165, 1.54) is 44.6 Å². The van der Waals surface area contributed by atoms with Gasteiger partial charge in [-0.1, -0.05) is 11.6 Å². The molecule has 0 unspecified atom stereocenters. The van der Waals surface area contributed by atoms with Crippen LogP contribution in [0, 0.1) is 23.2 Å². The van der Waals surface area contributed by atoms with Crippen molar-refractivity contribution in [3.05, 3.63) is 28.8 Å². The van der Waals surface area contributed by atoms with Gasteiger partial charge in [0.2, 0.25) is 0 Å². The molecule has 0 aliphatic heterocycles. The maximum Gasteiger partial charge on any atom is 0.257 e. The monoisotopic (exact) mass is 376 g/mol. The summed E-state index contributed by atoms with van der Waals surface area (Å²) in [6, 6.07) is 4.62. The minimum atomic E-state index is -0.628. The molecule has 4 aliphatic carbocycles. The van der Waals surface area contributed by atoms with Crippen molar-refractivity contribution in [2.75, 3.05) is 13.2 Å². The first-order valence-corrected chi connectivity index (χ1v) is 9.79. The molecule has 0 saturated heterocycles. The zero-order valence-corrected chi connectivity index (χ0v) is 15.6. The average Bonchev–Trinajstić information content (AvgIpc) is 2.57. The minimum absolute atomic E-state index is 0.131. The van der Waals surface area contributed by atoms with Crippen LogP contribution < -0.4 is 15.8 Å². The molecule has 0 aromatic heterocycles. The first-order valence-electron chi connectivity index (χ1n) is 9.41. The zero-order valence-electron chi connectivity index (χ0n) is 14.8. The molecule has 0 atom stereocenters. The van der Waals surface area contributed by atoms with Crippen molar-refractivity contribution in [3.8, 4) is 5.75 Å². The molecule has 4 aliphatic rings. The van der Waals surface area contributed by atoms with E-state index in [0.717, 1.165) is 24.3 Å². The van der Waals surface area contributed by atoms with E-state index in [1.807, 2.05) is 0 Å². The van der Waals surface area contributed by atoms with Gasteiger partial charge in [0.25, 0.3) is 11.8 Å². The van der Waals surface area contributed by atoms with Gasteiger partial charge in [-0.05, 0) is 79.9 Å². The lowest BCUT2D eigenvalue weighted by Gasteiger charge is -2.56. The van der Waals surface area contributed by atoms with Gasteiger partial charge in [0.15, 0.2) is 6.61 Å². The van der Waals surface area contributed by atoms with E-state index in [-0.39, 0.29) is 23.8 Å². The molecule has 4 fully saturated rings. The number of carbonyl (C=O) groups excluding carboxylic acids is 2. The summed E-state index contributed by atoms with van der Waals surface area (Å²) in [5.41, 5.74) is 5.82. The van der Waals surface area contributed by atoms with Crippen molar-refractivity contribution in [1.82, 2.24) is 5.32 Å². The number of rotatable bonds is 6. The number of ether oxygens (including phenoxy) is 1. The maximum absolute atomic E-state index is 12.3. The van der Waals surface area contributed by atoms with Gasteiger partial charge in [0.05, 0.1) is 5.56 Å². The highest BCUT2D eigenvalue weighted by atomic mass is 35.5. The first kappa shape index (κ1) is 17.7. The Labute approximate surface area is 158 Å². The molecule has 4 saturated carbocycles. The molecule has 5 rings (SSSR count). The predicted molar refractivity (Wildman–Crippen MR) is 99.1 cm³/mol. The van der Waals surface area contributed by atoms with Crippen molar-refractivity contribution >= 4 is 23.4 Å². The Morgan fingerprint density at radius 2 is 1.77 bits per heavy atom. The van der Waals surface area contributed by atoms with Crippen molar-refractivity contribution in [3.63, 3.8) is 0 Å². The number of carbonyl (C=O) groups is 2. The summed E-state index contributed by atoms with van der Waals surface area (Å²) in [6.45, 7) is 0.607. The van der Waals surface area contributed by atoms with Crippen LogP contribution in [0.15, 0.2) is 18.2 Å². The quantitative estimate of drug-likeness (QED) is 0.800. The molecule has 26 heavy (non-hydrogen) atoms. The number of halogens is 1. The summed E-state index contributed by atoms with van der Waals surface area (Å²) in [7, 11) is 0. The van der Waals surface area contributed by atoms with E-state index >= 15 is 0 Å². The Morgan fingerprint density at radius 3 is 2.35 bits per heavy atom. The molecule has 140 valence electrons. The second-order valence-electron chi connectivity index (χ2n) is 8.49. The van der Waals surface area contributed by atoms with Crippen molar-refractivity contribution in [2.45, 2.75) is 38.5 Å². The number of hydrogen-bond donors (Lipinski definition) is 2. The fraction of sp³-hybridized carbons (Fsp3) is 0.600. The lowest BCUT2D eigenvalue weighted by atomic mass is 9.49. The average molecular weight is 377 g/mol. The zero-order chi connectivity index (χ0) is 18.3. The highest BCUT2D eigenvalue weighted by Crippen LogP contribution is 2.59. The summed E-state index contributed by atoms with van der Waals surface area (Å²) in [5.74, 6) is 2.08.